The van der Waals surface area contributed by atoms with E-state index in [0.717, 1.165) is 5.69 Å². The Morgan fingerprint density at radius 3 is 2.56 bits per heavy atom. The number of benzene rings is 1. The van der Waals surface area contributed by atoms with Crippen molar-refractivity contribution in [2.75, 3.05) is 0 Å². The van der Waals surface area contributed by atoms with Gasteiger partial charge in [0.15, 0.2) is 5.82 Å². The SMILES string of the molecule is Cc1nc(N=N)[nH]c1/N=N/c1ccccc1. The van der Waals surface area contributed by atoms with Crippen LogP contribution in [0.15, 0.2) is 45.7 Å². The average molecular weight is 214 g/mol. The zero-order valence-corrected chi connectivity index (χ0v) is 8.68. The molecule has 6 nitrogen and oxygen atoms in total. The van der Waals surface area contributed by atoms with Gasteiger partial charge in [-0.15, -0.1) is 15.3 Å². The van der Waals surface area contributed by atoms with Crippen LogP contribution in [0.1, 0.15) is 5.69 Å². The smallest absolute Gasteiger partial charge is 0.248 e. The predicted octanol–water partition coefficient (Wildman–Crippen LogP) is 3.80. The summed E-state index contributed by atoms with van der Waals surface area (Å²) in [5.41, 5.74) is 8.25. The van der Waals surface area contributed by atoms with Crippen molar-refractivity contribution in [1.82, 2.24) is 9.97 Å². The van der Waals surface area contributed by atoms with E-state index in [0.29, 0.717) is 11.5 Å². The fourth-order valence-electron chi connectivity index (χ4n) is 1.19. The summed E-state index contributed by atoms with van der Waals surface area (Å²) in [6.45, 7) is 1.78. The molecule has 2 rings (SSSR count). The van der Waals surface area contributed by atoms with Crippen LogP contribution >= 0.6 is 0 Å². The van der Waals surface area contributed by atoms with Crippen LogP contribution in [0, 0.1) is 12.5 Å². The number of aromatic nitrogens is 2. The van der Waals surface area contributed by atoms with Crippen molar-refractivity contribution in [1.29, 1.82) is 5.53 Å². The second kappa shape index (κ2) is 4.43. The first-order valence-electron chi connectivity index (χ1n) is 4.70. The summed E-state index contributed by atoms with van der Waals surface area (Å²) in [4.78, 5) is 6.75. The van der Waals surface area contributed by atoms with E-state index in [1.165, 1.54) is 0 Å². The molecule has 2 aromatic rings. The standard InChI is InChI=1S/C10H10N6/c1-7-9(13-10(12-7)14-11)16-15-8-5-3-2-4-6-8/h2-6,11H,1H3,(H,12,13)/b14-11?,16-15+. The van der Waals surface area contributed by atoms with Gasteiger partial charge in [-0.1, -0.05) is 18.2 Å². The van der Waals surface area contributed by atoms with Crippen molar-refractivity contribution in [3.63, 3.8) is 0 Å². The zero-order valence-electron chi connectivity index (χ0n) is 8.68. The minimum absolute atomic E-state index is 0.236. The molecule has 6 heteroatoms. The molecular formula is C10H10N6. The summed E-state index contributed by atoms with van der Waals surface area (Å²) in [5.74, 6) is 0.759. The summed E-state index contributed by atoms with van der Waals surface area (Å²) in [6, 6.07) is 9.39. The van der Waals surface area contributed by atoms with Crippen molar-refractivity contribution >= 4 is 17.5 Å². The van der Waals surface area contributed by atoms with E-state index >= 15 is 0 Å². The first-order chi connectivity index (χ1) is 7.79. The molecule has 16 heavy (non-hydrogen) atoms. The lowest BCUT2D eigenvalue weighted by atomic mass is 10.3. The number of azo groups is 1. The number of imidazole rings is 1. The molecule has 1 aromatic heterocycles. The maximum Gasteiger partial charge on any atom is 0.248 e. The van der Waals surface area contributed by atoms with Crippen LogP contribution in [0.4, 0.5) is 17.5 Å². The summed E-state index contributed by atoms with van der Waals surface area (Å²) in [5, 5.41) is 11.2. The molecule has 0 radical (unpaired) electrons. The predicted molar refractivity (Wildman–Crippen MR) is 58.8 cm³/mol. The molecule has 0 atom stereocenters. The van der Waals surface area contributed by atoms with Gasteiger partial charge in [-0.3, -0.25) is 0 Å². The van der Waals surface area contributed by atoms with E-state index in [2.05, 4.69) is 25.3 Å². The molecule has 0 aliphatic heterocycles. The van der Waals surface area contributed by atoms with Crippen molar-refractivity contribution in [2.45, 2.75) is 6.92 Å². The lowest BCUT2D eigenvalue weighted by molar-refractivity contribution is 1.06. The number of hydrogen-bond donors (Lipinski definition) is 2. The van der Waals surface area contributed by atoms with Gasteiger partial charge in [0.1, 0.15) is 0 Å². The van der Waals surface area contributed by atoms with Crippen molar-refractivity contribution in [3.8, 4) is 0 Å². The van der Waals surface area contributed by atoms with Gasteiger partial charge in [0.05, 0.1) is 11.4 Å². The van der Waals surface area contributed by atoms with Gasteiger partial charge in [-0.05, 0) is 19.1 Å². The molecule has 0 spiro atoms. The Kier molecular flexibility index (Phi) is 2.81. The average Bonchev–Trinajstić information content (AvgIpc) is 2.69. The normalized spacial score (nSPS) is 10.8. The fraction of sp³-hybridized carbons (Fsp3) is 0.100. The van der Waals surface area contributed by atoms with Crippen LogP contribution in [0.25, 0.3) is 0 Å². The number of H-pyrrole nitrogens is 1. The number of aryl methyl sites for hydroxylation is 1. The van der Waals surface area contributed by atoms with Crippen molar-refractivity contribution in [3.05, 3.63) is 36.0 Å². The maximum absolute atomic E-state index is 6.81. The highest BCUT2D eigenvalue weighted by molar-refractivity contribution is 5.41. The van der Waals surface area contributed by atoms with Crippen LogP contribution in [-0.4, -0.2) is 9.97 Å². The van der Waals surface area contributed by atoms with E-state index in [1.807, 2.05) is 30.3 Å². The van der Waals surface area contributed by atoms with Gasteiger partial charge < -0.3 is 4.98 Å². The van der Waals surface area contributed by atoms with Gasteiger partial charge in [-0.25, -0.2) is 10.5 Å². The van der Waals surface area contributed by atoms with Gasteiger partial charge in [0, 0.05) is 0 Å². The number of nitrogens with zero attached hydrogens (tertiary/aromatic N) is 4. The highest BCUT2D eigenvalue weighted by Gasteiger charge is 2.03. The number of hydrogen-bond acceptors (Lipinski definition) is 5. The molecule has 0 aliphatic rings. The van der Waals surface area contributed by atoms with E-state index < -0.39 is 0 Å². The minimum Gasteiger partial charge on any atom is -0.304 e. The number of rotatable bonds is 3. The zero-order chi connectivity index (χ0) is 11.4. The summed E-state index contributed by atoms with van der Waals surface area (Å²) < 4.78 is 0. The maximum atomic E-state index is 6.81. The fourth-order valence-corrected chi connectivity index (χ4v) is 1.19. The molecule has 80 valence electrons. The third-order valence-electron chi connectivity index (χ3n) is 1.97. The Morgan fingerprint density at radius 1 is 1.19 bits per heavy atom. The molecule has 0 amide bonds. The largest absolute Gasteiger partial charge is 0.304 e. The second-order valence-electron chi connectivity index (χ2n) is 3.14. The van der Waals surface area contributed by atoms with E-state index in [-0.39, 0.29) is 5.95 Å². The molecular weight excluding hydrogens is 204 g/mol. The topological polar surface area (TPSA) is 89.6 Å². The van der Waals surface area contributed by atoms with E-state index in [1.54, 1.807) is 6.92 Å². The summed E-state index contributed by atoms with van der Waals surface area (Å²) in [6.07, 6.45) is 0. The Balaban J connectivity index is 2.23. The highest BCUT2D eigenvalue weighted by atomic mass is 15.2. The van der Waals surface area contributed by atoms with Gasteiger partial charge in [0.2, 0.25) is 5.95 Å². The Hall–Kier alpha value is -2.37. The van der Waals surface area contributed by atoms with Crippen molar-refractivity contribution in [2.24, 2.45) is 15.3 Å². The third kappa shape index (κ3) is 2.17. The van der Waals surface area contributed by atoms with Gasteiger partial charge in [-0.2, -0.15) is 0 Å². The second-order valence-corrected chi connectivity index (χ2v) is 3.14. The van der Waals surface area contributed by atoms with Gasteiger partial charge >= 0.3 is 0 Å². The first kappa shape index (κ1) is 10.2. The molecule has 2 N–H and O–H groups in total. The molecule has 0 unspecified atom stereocenters. The molecule has 0 saturated heterocycles. The highest BCUT2D eigenvalue weighted by Crippen LogP contribution is 2.21. The quantitative estimate of drug-likeness (QED) is 0.747. The van der Waals surface area contributed by atoms with Crippen LogP contribution in [0.3, 0.4) is 0 Å². The Morgan fingerprint density at radius 2 is 1.94 bits per heavy atom. The van der Waals surface area contributed by atoms with Gasteiger partial charge in [0.25, 0.3) is 0 Å². The lowest BCUT2D eigenvalue weighted by Gasteiger charge is -1.89. The Labute approximate surface area is 92.0 Å². The van der Waals surface area contributed by atoms with Crippen LogP contribution in [0.2, 0.25) is 0 Å². The lowest BCUT2D eigenvalue weighted by Crippen LogP contribution is -1.68. The number of nitrogens with one attached hydrogen (secondary N) is 2. The molecule has 0 bridgehead atoms. The van der Waals surface area contributed by atoms with E-state index in [4.69, 9.17) is 5.53 Å². The molecule has 1 aromatic carbocycles. The van der Waals surface area contributed by atoms with Crippen molar-refractivity contribution < 1.29 is 0 Å². The molecule has 0 saturated carbocycles. The minimum atomic E-state index is 0.236. The molecule has 0 aliphatic carbocycles. The number of aromatic amines is 1. The van der Waals surface area contributed by atoms with E-state index in [9.17, 15) is 0 Å². The van der Waals surface area contributed by atoms with Crippen LogP contribution in [0.5, 0.6) is 0 Å². The summed E-state index contributed by atoms with van der Waals surface area (Å²) >= 11 is 0. The monoisotopic (exact) mass is 214 g/mol. The Bertz CT molecular complexity index is 513. The summed E-state index contributed by atoms with van der Waals surface area (Å²) in [7, 11) is 0. The molecule has 0 fully saturated rings. The molecule has 1 heterocycles. The third-order valence-corrected chi connectivity index (χ3v) is 1.97. The first-order valence-corrected chi connectivity index (χ1v) is 4.70. The van der Waals surface area contributed by atoms with Crippen LogP contribution in [-0.2, 0) is 0 Å². The van der Waals surface area contributed by atoms with Crippen LogP contribution < -0.4 is 0 Å².